The van der Waals surface area contributed by atoms with Crippen molar-refractivity contribution < 1.29 is 4.79 Å². The molecule has 0 bridgehead atoms. The van der Waals surface area contributed by atoms with Crippen molar-refractivity contribution in [2.24, 2.45) is 0 Å². The summed E-state index contributed by atoms with van der Waals surface area (Å²) in [5, 5.41) is 9.58. The number of ketones is 1. The Morgan fingerprint density at radius 3 is 1.78 bits per heavy atom. The quantitative estimate of drug-likeness (QED) is 0.230. The van der Waals surface area contributed by atoms with Crippen molar-refractivity contribution in [1.29, 1.82) is 5.41 Å². The third-order valence-corrected chi connectivity index (χ3v) is 6.83. The largest absolute Gasteiger partial charge is 0.309 e. The Balaban J connectivity index is 1.41. The van der Waals surface area contributed by atoms with Gasteiger partial charge in [-0.15, -0.1) is 0 Å². The summed E-state index contributed by atoms with van der Waals surface area (Å²) in [6.45, 7) is 3.14. The van der Waals surface area contributed by atoms with Crippen LogP contribution in [0.4, 0.5) is 0 Å². The molecule has 0 atom stereocenters. The second-order valence-electron chi connectivity index (χ2n) is 9.16. The summed E-state index contributed by atoms with van der Waals surface area (Å²) in [5.74, 6) is -0.0483. The highest BCUT2D eigenvalue weighted by Gasteiger charge is 2.16. The van der Waals surface area contributed by atoms with Crippen molar-refractivity contribution in [2.75, 3.05) is 6.54 Å². The van der Waals surface area contributed by atoms with Crippen molar-refractivity contribution in [3.05, 3.63) is 137 Å². The van der Waals surface area contributed by atoms with Crippen LogP contribution in [-0.2, 0) is 26.2 Å². The lowest BCUT2D eigenvalue weighted by Gasteiger charge is -2.23. The predicted octanol–water partition coefficient (Wildman–Crippen LogP) is 6.16. The van der Waals surface area contributed by atoms with Crippen LogP contribution in [0.15, 0.2) is 109 Å². The van der Waals surface area contributed by atoms with Crippen LogP contribution in [0.2, 0.25) is 5.02 Å². The maximum atomic E-state index is 13.0. The van der Waals surface area contributed by atoms with E-state index >= 15 is 0 Å². The topological polar surface area (TPSA) is 54.0 Å². The third-order valence-electron chi connectivity index (χ3n) is 6.58. The Morgan fingerprint density at radius 1 is 0.703 bits per heavy atom. The molecule has 0 spiro atoms. The number of nitrogens with zero attached hydrogens (tertiary/aromatic N) is 3. The van der Waals surface area contributed by atoms with Gasteiger partial charge in [0.1, 0.15) is 0 Å². The zero-order valence-electron chi connectivity index (χ0n) is 20.6. The molecule has 1 N–H and O–H groups in total. The second kappa shape index (κ2) is 11.4. The van der Waals surface area contributed by atoms with E-state index in [9.17, 15) is 4.79 Å². The molecule has 0 aliphatic rings. The summed E-state index contributed by atoms with van der Waals surface area (Å²) >= 11 is 5.99. The number of benzene rings is 4. The zero-order chi connectivity index (χ0) is 25.6. The molecule has 0 saturated carbocycles. The summed E-state index contributed by atoms with van der Waals surface area (Å²) in [6, 6.07) is 35.8. The molecule has 0 unspecified atom stereocenters. The third kappa shape index (κ3) is 5.91. The molecule has 0 radical (unpaired) electrons. The summed E-state index contributed by atoms with van der Waals surface area (Å²) in [7, 11) is 0. The van der Waals surface area contributed by atoms with E-state index in [-0.39, 0.29) is 12.3 Å². The minimum Gasteiger partial charge on any atom is -0.309 e. The molecule has 5 aromatic rings. The number of carbonyl (C=O) groups is 1. The number of carbonyl (C=O) groups excluding carboxylic acids is 1. The van der Waals surface area contributed by atoms with E-state index in [1.807, 2.05) is 41.0 Å². The molecule has 186 valence electrons. The Hall–Kier alpha value is -3.93. The molecule has 1 heterocycles. The summed E-state index contributed by atoms with van der Waals surface area (Å²) in [4.78, 5) is 15.4. The molecule has 6 heteroatoms. The fraction of sp³-hybridized carbons (Fsp3) is 0.161. The normalized spacial score (nSPS) is 11.3. The number of Topliss-reactive ketones (excluding diaryl/α,β-unsaturated/α-hetero) is 1. The molecule has 5 rings (SSSR count). The van der Waals surface area contributed by atoms with Crippen LogP contribution in [-0.4, -0.2) is 26.4 Å². The van der Waals surface area contributed by atoms with E-state index in [1.165, 1.54) is 11.1 Å². The average molecular weight is 509 g/mol. The van der Waals surface area contributed by atoms with Crippen LogP contribution >= 0.6 is 11.6 Å². The highest BCUT2D eigenvalue weighted by molar-refractivity contribution is 6.30. The number of nitrogens with one attached hydrogen (secondary N) is 1. The molecule has 0 fully saturated rings. The Morgan fingerprint density at radius 2 is 1.22 bits per heavy atom. The van der Waals surface area contributed by atoms with Crippen LogP contribution in [0.1, 0.15) is 21.5 Å². The van der Waals surface area contributed by atoms with Crippen LogP contribution in [0.3, 0.4) is 0 Å². The number of aromatic nitrogens is 2. The standard InChI is InChI=1S/C31H29ClN4O/c32-27-17-15-26(16-18-27)30(37)23-36-29-14-8-7-13-28(29)35(31(36)33)20-19-34(21-24-9-3-1-4-10-24)22-25-11-5-2-6-12-25/h1-18,33H,19-23H2. The molecule has 0 aliphatic carbocycles. The van der Waals surface area contributed by atoms with E-state index in [1.54, 1.807) is 28.8 Å². The van der Waals surface area contributed by atoms with Crippen molar-refractivity contribution in [2.45, 2.75) is 26.2 Å². The van der Waals surface area contributed by atoms with Gasteiger partial charge in [-0.05, 0) is 47.5 Å². The molecule has 37 heavy (non-hydrogen) atoms. The lowest BCUT2D eigenvalue weighted by atomic mass is 10.1. The van der Waals surface area contributed by atoms with Crippen LogP contribution in [0.5, 0.6) is 0 Å². The molecule has 5 nitrogen and oxygen atoms in total. The Labute approximate surface area is 221 Å². The molecule has 0 saturated heterocycles. The van der Waals surface area contributed by atoms with Crippen LogP contribution < -0.4 is 5.62 Å². The minimum absolute atomic E-state index is 0.0483. The van der Waals surface area contributed by atoms with Gasteiger partial charge in [0.25, 0.3) is 0 Å². The van der Waals surface area contributed by atoms with Crippen molar-refractivity contribution >= 4 is 28.4 Å². The SMILES string of the molecule is N=c1n(CCN(Cc2ccccc2)Cc2ccccc2)c2ccccc2n1CC(=O)c1ccc(Cl)cc1. The van der Waals surface area contributed by atoms with Gasteiger partial charge in [0.2, 0.25) is 5.62 Å². The van der Waals surface area contributed by atoms with Crippen molar-refractivity contribution in [3.8, 4) is 0 Å². The fourth-order valence-electron chi connectivity index (χ4n) is 4.69. The lowest BCUT2D eigenvalue weighted by Crippen LogP contribution is -2.32. The highest BCUT2D eigenvalue weighted by Crippen LogP contribution is 2.16. The van der Waals surface area contributed by atoms with Gasteiger partial charge in [-0.1, -0.05) is 84.4 Å². The first-order valence-electron chi connectivity index (χ1n) is 12.4. The second-order valence-corrected chi connectivity index (χ2v) is 9.60. The van der Waals surface area contributed by atoms with E-state index in [2.05, 4.69) is 53.4 Å². The lowest BCUT2D eigenvalue weighted by molar-refractivity contribution is 0.0971. The van der Waals surface area contributed by atoms with Gasteiger partial charge in [-0.3, -0.25) is 15.1 Å². The van der Waals surface area contributed by atoms with Crippen molar-refractivity contribution in [1.82, 2.24) is 14.0 Å². The van der Waals surface area contributed by atoms with Gasteiger partial charge < -0.3 is 9.13 Å². The smallest absolute Gasteiger partial charge is 0.203 e. The van der Waals surface area contributed by atoms with Gasteiger partial charge in [-0.25, -0.2) is 0 Å². The van der Waals surface area contributed by atoms with E-state index in [4.69, 9.17) is 17.0 Å². The van der Waals surface area contributed by atoms with Gasteiger partial charge in [-0.2, -0.15) is 0 Å². The fourth-order valence-corrected chi connectivity index (χ4v) is 4.82. The summed E-state index contributed by atoms with van der Waals surface area (Å²) in [6.07, 6.45) is 0. The predicted molar refractivity (Wildman–Crippen MR) is 149 cm³/mol. The number of rotatable bonds is 10. The molecule has 0 aliphatic heterocycles. The van der Waals surface area contributed by atoms with E-state index < -0.39 is 0 Å². The van der Waals surface area contributed by atoms with Crippen molar-refractivity contribution in [3.63, 3.8) is 0 Å². The number of para-hydroxylation sites is 2. The molecule has 0 amide bonds. The Kier molecular flexibility index (Phi) is 7.64. The van der Waals surface area contributed by atoms with E-state index in [0.717, 1.165) is 30.7 Å². The molecule has 4 aromatic carbocycles. The zero-order valence-corrected chi connectivity index (χ0v) is 21.3. The van der Waals surface area contributed by atoms with Gasteiger partial charge >= 0.3 is 0 Å². The summed E-state index contributed by atoms with van der Waals surface area (Å²) in [5.41, 5.74) is 5.26. The monoisotopic (exact) mass is 508 g/mol. The highest BCUT2D eigenvalue weighted by atomic mass is 35.5. The Bertz CT molecular complexity index is 1500. The molecular formula is C31H29ClN4O. The number of hydrogen-bond donors (Lipinski definition) is 1. The number of hydrogen-bond acceptors (Lipinski definition) is 3. The first kappa shape index (κ1) is 24.8. The van der Waals surface area contributed by atoms with Crippen LogP contribution in [0.25, 0.3) is 11.0 Å². The number of imidazole rings is 1. The number of halogens is 1. The van der Waals surface area contributed by atoms with Gasteiger partial charge in [0.05, 0.1) is 17.6 Å². The maximum Gasteiger partial charge on any atom is 0.203 e. The first-order valence-corrected chi connectivity index (χ1v) is 12.8. The molecular weight excluding hydrogens is 480 g/mol. The minimum atomic E-state index is -0.0483. The average Bonchev–Trinajstić information content (AvgIpc) is 3.19. The summed E-state index contributed by atoms with van der Waals surface area (Å²) < 4.78 is 3.80. The van der Waals surface area contributed by atoms with Crippen LogP contribution in [0, 0.1) is 5.41 Å². The first-order chi connectivity index (χ1) is 18.1. The van der Waals surface area contributed by atoms with Gasteiger partial charge in [0, 0.05) is 36.8 Å². The number of fused-ring (bicyclic) bond motifs is 1. The molecule has 1 aromatic heterocycles. The van der Waals surface area contributed by atoms with Gasteiger partial charge in [0.15, 0.2) is 5.78 Å². The van der Waals surface area contributed by atoms with E-state index in [0.29, 0.717) is 22.7 Å². The maximum absolute atomic E-state index is 13.0.